The molecule has 0 spiro atoms. The molecule has 0 bridgehead atoms. The van der Waals surface area contributed by atoms with Crippen LogP contribution in [-0.4, -0.2) is 62.6 Å². The van der Waals surface area contributed by atoms with Crippen molar-refractivity contribution < 1.29 is 19.4 Å². The summed E-state index contributed by atoms with van der Waals surface area (Å²) < 4.78 is 5.16. The van der Waals surface area contributed by atoms with E-state index in [4.69, 9.17) is 4.74 Å². The van der Waals surface area contributed by atoms with E-state index >= 15 is 0 Å². The highest BCUT2D eigenvalue weighted by molar-refractivity contribution is 7.17. The molecule has 1 fully saturated rings. The van der Waals surface area contributed by atoms with Gasteiger partial charge in [-0.1, -0.05) is 0 Å². The van der Waals surface area contributed by atoms with Crippen LogP contribution < -0.4 is 0 Å². The molecule has 1 N–H and O–H groups in total. The van der Waals surface area contributed by atoms with Gasteiger partial charge in [0.15, 0.2) is 16.9 Å². The predicted molar refractivity (Wildman–Crippen MR) is 81.2 cm³/mol. The molecule has 0 unspecified atom stereocenters. The Morgan fingerprint density at radius 2 is 2.13 bits per heavy atom. The zero-order valence-corrected chi connectivity index (χ0v) is 13.1. The lowest BCUT2D eigenvalue weighted by Gasteiger charge is -2.32. The maximum absolute atomic E-state index is 12.7. The summed E-state index contributed by atoms with van der Waals surface area (Å²) in [5.41, 5.74) is 0.540. The van der Waals surface area contributed by atoms with Crippen LogP contribution in [0.3, 0.4) is 0 Å². The van der Waals surface area contributed by atoms with E-state index in [1.807, 2.05) is 0 Å². The van der Waals surface area contributed by atoms with Crippen LogP contribution in [-0.2, 0) is 9.53 Å². The number of hydrogen-bond acceptors (Lipinski definition) is 7. The Morgan fingerprint density at radius 3 is 2.83 bits per heavy atom. The van der Waals surface area contributed by atoms with Crippen LogP contribution in [0.5, 0.6) is 0 Å². The van der Waals surface area contributed by atoms with Gasteiger partial charge in [-0.3, -0.25) is 4.79 Å². The van der Waals surface area contributed by atoms with Crippen molar-refractivity contribution in [1.29, 1.82) is 0 Å². The molecule has 3 heterocycles. The molecule has 1 atom stereocenters. The lowest BCUT2D eigenvalue weighted by Crippen LogP contribution is -2.52. The Labute approximate surface area is 135 Å². The summed E-state index contributed by atoms with van der Waals surface area (Å²) in [6, 6.07) is 0.718. The van der Waals surface area contributed by atoms with Crippen LogP contribution in [0.15, 0.2) is 18.5 Å². The highest BCUT2D eigenvalue weighted by Gasteiger charge is 2.35. The summed E-state index contributed by atoms with van der Waals surface area (Å²) in [5.74, 6) is -0.985. The van der Waals surface area contributed by atoms with Crippen molar-refractivity contribution in [3.05, 3.63) is 29.0 Å². The summed E-state index contributed by atoms with van der Waals surface area (Å²) in [5, 5.41) is 9.78. The average Bonchev–Trinajstić information content (AvgIpc) is 2.97. The van der Waals surface area contributed by atoms with Gasteiger partial charge in [0.2, 0.25) is 0 Å². The molecule has 23 heavy (non-hydrogen) atoms. The largest absolute Gasteiger partial charge is 0.480 e. The van der Waals surface area contributed by atoms with E-state index in [0.29, 0.717) is 28.0 Å². The van der Waals surface area contributed by atoms with Gasteiger partial charge in [0.05, 0.1) is 18.9 Å². The van der Waals surface area contributed by atoms with Gasteiger partial charge < -0.3 is 14.7 Å². The molecule has 0 aliphatic carbocycles. The number of carboxylic acid groups (broad SMARTS) is 1. The van der Waals surface area contributed by atoms with E-state index in [-0.39, 0.29) is 19.1 Å². The first-order valence-corrected chi connectivity index (χ1v) is 7.76. The van der Waals surface area contributed by atoms with Crippen LogP contribution in [0, 0.1) is 6.92 Å². The fourth-order valence-electron chi connectivity index (χ4n) is 2.28. The fourth-order valence-corrected chi connectivity index (χ4v) is 3.25. The molecular formula is C14H14N4O4S. The lowest BCUT2D eigenvalue weighted by atomic mass is 10.2. The smallest absolute Gasteiger partial charge is 0.328 e. The van der Waals surface area contributed by atoms with Crippen LogP contribution >= 0.6 is 11.3 Å². The molecule has 120 valence electrons. The summed E-state index contributed by atoms with van der Waals surface area (Å²) in [6.45, 7) is 2.27. The Bertz CT molecular complexity index is 734. The minimum absolute atomic E-state index is 0.00637. The van der Waals surface area contributed by atoms with Crippen LogP contribution in [0.25, 0.3) is 10.8 Å². The topological polar surface area (TPSA) is 106 Å². The Morgan fingerprint density at radius 1 is 1.39 bits per heavy atom. The first-order chi connectivity index (χ1) is 11.1. The van der Waals surface area contributed by atoms with E-state index in [1.165, 1.54) is 16.2 Å². The second-order valence-electron chi connectivity index (χ2n) is 4.93. The monoisotopic (exact) mass is 334 g/mol. The zero-order chi connectivity index (χ0) is 16.4. The van der Waals surface area contributed by atoms with Crippen molar-refractivity contribution in [1.82, 2.24) is 19.9 Å². The maximum atomic E-state index is 12.7. The molecule has 8 nitrogen and oxygen atoms in total. The molecule has 3 rings (SSSR count). The van der Waals surface area contributed by atoms with Gasteiger partial charge in [-0.15, -0.1) is 11.3 Å². The van der Waals surface area contributed by atoms with Crippen LogP contribution in [0.1, 0.15) is 15.4 Å². The Hall–Kier alpha value is -2.39. The summed E-state index contributed by atoms with van der Waals surface area (Å²) in [6.07, 6.45) is 3.20. The first kappa shape index (κ1) is 15.5. The lowest BCUT2D eigenvalue weighted by molar-refractivity contribution is -0.147. The van der Waals surface area contributed by atoms with Crippen molar-refractivity contribution in [3.8, 4) is 10.8 Å². The maximum Gasteiger partial charge on any atom is 0.328 e. The number of carbonyl (C=O) groups excluding carboxylic acids is 1. The number of amides is 1. The molecule has 2 aromatic heterocycles. The summed E-state index contributed by atoms with van der Waals surface area (Å²) >= 11 is 1.17. The van der Waals surface area contributed by atoms with Crippen molar-refractivity contribution >= 4 is 23.2 Å². The third kappa shape index (κ3) is 3.06. The van der Waals surface area contributed by atoms with E-state index in [0.717, 1.165) is 0 Å². The van der Waals surface area contributed by atoms with Gasteiger partial charge in [0, 0.05) is 18.9 Å². The number of thiazole rings is 1. The number of ether oxygens (including phenoxy) is 1. The highest BCUT2D eigenvalue weighted by atomic mass is 32.1. The van der Waals surface area contributed by atoms with Gasteiger partial charge in [-0.05, 0) is 13.0 Å². The van der Waals surface area contributed by atoms with E-state index in [9.17, 15) is 14.7 Å². The molecular weight excluding hydrogens is 320 g/mol. The summed E-state index contributed by atoms with van der Waals surface area (Å²) in [7, 11) is 0. The highest BCUT2D eigenvalue weighted by Crippen LogP contribution is 2.27. The molecule has 1 saturated heterocycles. The molecule has 0 saturated carbocycles. The van der Waals surface area contributed by atoms with Gasteiger partial charge in [-0.2, -0.15) is 0 Å². The van der Waals surface area contributed by atoms with E-state index in [1.54, 1.807) is 25.4 Å². The predicted octanol–water partition coefficient (Wildman–Crippen LogP) is 0.834. The van der Waals surface area contributed by atoms with Gasteiger partial charge in [0.1, 0.15) is 4.88 Å². The van der Waals surface area contributed by atoms with Crippen LogP contribution in [0.2, 0.25) is 0 Å². The molecule has 2 aromatic rings. The number of hydrogen-bond donors (Lipinski definition) is 1. The first-order valence-electron chi connectivity index (χ1n) is 6.94. The Kier molecular flexibility index (Phi) is 4.30. The van der Waals surface area contributed by atoms with E-state index in [2.05, 4.69) is 15.0 Å². The number of carboxylic acids is 1. The van der Waals surface area contributed by atoms with E-state index < -0.39 is 12.0 Å². The zero-order valence-electron chi connectivity index (χ0n) is 12.3. The molecule has 0 radical (unpaired) electrons. The molecule has 0 aromatic carbocycles. The minimum Gasteiger partial charge on any atom is -0.480 e. The van der Waals surface area contributed by atoms with Crippen molar-refractivity contribution in [2.45, 2.75) is 13.0 Å². The number of aryl methyl sites for hydroxylation is 1. The second kappa shape index (κ2) is 6.39. The fraction of sp³-hybridized carbons (Fsp3) is 0.357. The molecule has 1 aliphatic heterocycles. The average molecular weight is 334 g/mol. The van der Waals surface area contributed by atoms with Crippen molar-refractivity contribution in [2.24, 2.45) is 0 Å². The van der Waals surface area contributed by atoms with Crippen molar-refractivity contribution in [3.63, 3.8) is 0 Å². The standard InChI is InChI=1S/C14H14N4O4S/c1-8-10(23-12(17-8)11-15-3-2-4-16-11)13(19)18-5-6-22-7-9(18)14(20)21/h2-4,9H,5-7H2,1H3,(H,20,21)/t9-/m1/s1. The molecule has 1 amide bonds. The normalized spacial score (nSPS) is 18.0. The number of morpholine rings is 1. The number of rotatable bonds is 3. The minimum atomic E-state index is -1.08. The van der Waals surface area contributed by atoms with Gasteiger partial charge >= 0.3 is 5.97 Å². The SMILES string of the molecule is Cc1nc(-c2ncccn2)sc1C(=O)N1CCOC[C@@H]1C(=O)O. The van der Waals surface area contributed by atoms with Gasteiger partial charge in [-0.25, -0.2) is 19.7 Å². The molecule has 1 aliphatic rings. The Balaban J connectivity index is 1.90. The number of aliphatic carboxylic acids is 1. The third-order valence-corrected chi connectivity index (χ3v) is 4.56. The number of aromatic nitrogens is 3. The quantitative estimate of drug-likeness (QED) is 0.886. The van der Waals surface area contributed by atoms with Crippen LogP contribution in [0.4, 0.5) is 0 Å². The second-order valence-corrected chi connectivity index (χ2v) is 5.93. The summed E-state index contributed by atoms with van der Waals surface area (Å²) in [4.78, 5) is 38.3. The molecule has 9 heteroatoms. The van der Waals surface area contributed by atoms with Gasteiger partial charge in [0.25, 0.3) is 5.91 Å². The van der Waals surface area contributed by atoms with Crippen molar-refractivity contribution in [2.75, 3.05) is 19.8 Å². The number of nitrogens with zero attached hydrogens (tertiary/aromatic N) is 4. The third-order valence-electron chi connectivity index (χ3n) is 3.42. The number of carbonyl (C=O) groups is 2.